The van der Waals surface area contributed by atoms with Crippen LogP contribution in [0, 0.1) is 0 Å². The Morgan fingerprint density at radius 1 is 0.500 bits per heavy atom. The van der Waals surface area contributed by atoms with Crippen LogP contribution in [0.5, 0.6) is 0 Å². The number of fused-ring (bicyclic) bond motifs is 3. The molecule has 0 bridgehead atoms. The van der Waals surface area contributed by atoms with Gasteiger partial charge in [0.15, 0.2) is 0 Å². The van der Waals surface area contributed by atoms with E-state index in [1.54, 1.807) is 0 Å². The van der Waals surface area contributed by atoms with Gasteiger partial charge in [-0.1, -0.05) is 91.0 Å². The summed E-state index contributed by atoms with van der Waals surface area (Å²) in [6.45, 7) is 0. The monoisotopic (exact) mass is 359 g/mol. The van der Waals surface area contributed by atoms with Crippen LogP contribution in [0.2, 0.25) is 0 Å². The van der Waals surface area contributed by atoms with Crippen molar-refractivity contribution in [2.75, 3.05) is 0 Å². The van der Waals surface area contributed by atoms with Crippen LogP contribution in [0.3, 0.4) is 0 Å². The summed E-state index contributed by atoms with van der Waals surface area (Å²) >= 11 is 0. The third kappa shape index (κ3) is 3.39. The molecule has 0 amide bonds. The number of nitrogens with zero attached hydrogens (tertiary/aromatic N) is 1. The van der Waals surface area contributed by atoms with Crippen molar-refractivity contribution in [3.05, 3.63) is 126 Å². The average molecular weight is 359 g/mol. The Balaban J connectivity index is 1.49. The number of pyridine rings is 1. The number of rotatable bonds is 4. The van der Waals surface area contributed by atoms with E-state index < -0.39 is 0 Å². The number of aromatic nitrogens is 1. The third-order valence-electron chi connectivity index (χ3n) is 5.32. The first-order valence-corrected chi connectivity index (χ1v) is 9.73. The van der Waals surface area contributed by atoms with Crippen LogP contribution in [-0.4, -0.2) is 4.98 Å². The number of hydrogen-bond acceptors (Lipinski definition) is 1. The summed E-state index contributed by atoms with van der Waals surface area (Å²) in [6, 6.07) is 34.6. The SMILES string of the molecule is c1ccc(Cc2ccc3c(ccc4cc(Cc5ccccc5)ncc43)c2)cc1. The first-order chi connectivity index (χ1) is 13.8. The predicted molar refractivity (Wildman–Crippen MR) is 118 cm³/mol. The van der Waals surface area contributed by atoms with Crippen LogP contribution in [-0.2, 0) is 12.8 Å². The summed E-state index contributed by atoms with van der Waals surface area (Å²) in [5.74, 6) is 0. The summed E-state index contributed by atoms with van der Waals surface area (Å²) < 4.78 is 0. The molecule has 0 fully saturated rings. The molecule has 0 aliphatic rings. The Labute approximate surface area is 165 Å². The van der Waals surface area contributed by atoms with E-state index >= 15 is 0 Å². The minimum absolute atomic E-state index is 0.866. The van der Waals surface area contributed by atoms with E-state index in [1.165, 1.54) is 38.2 Å². The largest absolute Gasteiger partial charge is 0.260 e. The summed E-state index contributed by atoms with van der Waals surface area (Å²) in [6.07, 6.45) is 3.86. The minimum Gasteiger partial charge on any atom is -0.260 e. The van der Waals surface area contributed by atoms with Crippen molar-refractivity contribution >= 4 is 21.5 Å². The molecule has 5 aromatic rings. The quantitative estimate of drug-likeness (QED) is 0.331. The van der Waals surface area contributed by atoms with E-state index in [1.807, 2.05) is 6.20 Å². The molecule has 0 unspecified atom stereocenters. The third-order valence-corrected chi connectivity index (χ3v) is 5.32. The topological polar surface area (TPSA) is 12.9 Å². The second kappa shape index (κ2) is 7.28. The lowest BCUT2D eigenvalue weighted by molar-refractivity contribution is 1.09. The van der Waals surface area contributed by atoms with Crippen molar-refractivity contribution in [2.24, 2.45) is 0 Å². The van der Waals surface area contributed by atoms with Gasteiger partial charge < -0.3 is 0 Å². The van der Waals surface area contributed by atoms with Gasteiger partial charge in [-0.2, -0.15) is 0 Å². The van der Waals surface area contributed by atoms with Crippen LogP contribution in [0.25, 0.3) is 21.5 Å². The van der Waals surface area contributed by atoms with Crippen LogP contribution < -0.4 is 0 Å². The van der Waals surface area contributed by atoms with Gasteiger partial charge in [0.25, 0.3) is 0 Å². The molecule has 1 heteroatoms. The molecule has 134 valence electrons. The zero-order valence-electron chi connectivity index (χ0n) is 15.7. The highest BCUT2D eigenvalue weighted by molar-refractivity contribution is 6.07. The molecule has 0 N–H and O–H groups in total. The minimum atomic E-state index is 0.866. The van der Waals surface area contributed by atoms with Crippen molar-refractivity contribution in [1.29, 1.82) is 0 Å². The fourth-order valence-corrected chi connectivity index (χ4v) is 3.90. The molecule has 4 aromatic carbocycles. The summed E-state index contributed by atoms with van der Waals surface area (Å²) in [7, 11) is 0. The Kier molecular flexibility index (Phi) is 4.34. The van der Waals surface area contributed by atoms with E-state index in [2.05, 4.69) is 97.1 Å². The van der Waals surface area contributed by atoms with Crippen molar-refractivity contribution in [2.45, 2.75) is 12.8 Å². The van der Waals surface area contributed by atoms with Crippen molar-refractivity contribution < 1.29 is 0 Å². The van der Waals surface area contributed by atoms with E-state index in [4.69, 9.17) is 4.98 Å². The highest BCUT2D eigenvalue weighted by atomic mass is 14.7. The van der Waals surface area contributed by atoms with Gasteiger partial charge in [0.05, 0.1) is 0 Å². The molecule has 0 saturated heterocycles. The number of benzene rings is 4. The normalized spacial score (nSPS) is 11.1. The molecule has 5 rings (SSSR count). The molecule has 1 aromatic heterocycles. The maximum absolute atomic E-state index is 4.74. The molecule has 1 nitrogen and oxygen atoms in total. The fraction of sp³-hybridized carbons (Fsp3) is 0.0741. The van der Waals surface area contributed by atoms with Gasteiger partial charge in [-0.15, -0.1) is 0 Å². The summed E-state index contributed by atoms with van der Waals surface area (Å²) in [5, 5.41) is 5.02. The molecule has 0 aliphatic carbocycles. The van der Waals surface area contributed by atoms with Gasteiger partial charge in [0, 0.05) is 23.7 Å². The second-order valence-electron chi connectivity index (χ2n) is 7.34. The Hall–Kier alpha value is -3.45. The molecular weight excluding hydrogens is 338 g/mol. The maximum Gasteiger partial charge on any atom is 0.0453 e. The van der Waals surface area contributed by atoms with Gasteiger partial charge in [0.1, 0.15) is 0 Å². The lowest BCUT2D eigenvalue weighted by Gasteiger charge is -2.09. The van der Waals surface area contributed by atoms with Crippen molar-refractivity contribution in [3.63, 3.8) is 0 Å². The molecule has 1 heterocycles. The van der Waals surface area contributed by atoms with Crippen molar-refractivity contribution in [1.82, 2.24) is 4.98 Å². The summed E-state index contributed by atoms with van der Waals surface area (Å²) in [4.78, 5) is 4.74. The molecule has 0 saturated carbocycles. The highest BCUT2D eigenvalue weighted by Crippen LogP contribution is 2.27. The molecular formula is C27H21N. The summed E-state index contributed by atoms with van der Waals surface area (Å²) in [5.41, 5.74) is 5.08. The Bertz CT molecular complexity index is 1140. The van der Waals surface area contributed by atoms with E-state index in [9.17, 15) is 0 Å². The first-order valence-electron chi connectivity index (χ1n) is 9.73. The Morgan fingerprint density at radius 2 is 1.14 bits per heavy atom. The van der Waals surface area contributed by atoms with Crippen LogP contribution in [0.1, 0.15) is 22.4 Å². The first kappa shape index (κ1) is 16.7. The Morgan fingerprint density at radius 3 is 1.86 bits per heavy atom. The van der Waals surface area contributed by atoms with Gasteiger partial charge in [-0.05, 0) is 45.3 Å². The molecule has 0 radical (unpaired) electrons. The van der Waals surface area contributed by atoms with E-state index in [-0.39, 0.29) is 0 Å². The molecule has 0 aliphatic heterocycles. The second-order valence-corrected chi connectivity index (χ2v) is 7.34. The lowest BCUT2D eigenvalue weighted by atomic mass is 9.98. The maximum atomic E-state index is 4.74. The van der Waals surface area contributed by atoms with Gasteiger partial charge in [-0.3, -0.25) is 4.98 Å². The highest BCUT2D eigenvalue weighted by Gasteiger charge is 2.05. The smallest absolute Gasteiger partial charge is 0.0453 e. The van der Waals surface area contributed by atoms with Gasteiger partial charge in [0.2, 0.25) is 0 Å². The van der Waals surface area contributed by atoms with Gasteiger partial charge in [-0.25, -0.2) is 0 Å². The van der Waals surface area contributed by atoms with E-state index in [0.29, 0.717) is 0 Å². The van der Waals surface area contributed by atoms with Crippen LogP contribution >= 0.6 is 0 Å². The standard InChI is InChI=1S/C27H21N/c1-3-7-20(8-4-1)15-22-11-14-26-23(16-22)12-13-24-18-25(28-19-27(24)26)17-21-9-5-2-6-10-21/h1-14,16,18-19H,15,17H2. The van der Waals surface area contributed by atoms with Crippen LogP contribution in [0.4, 0.5) is 0 Å². The zero-order valence-corrected chi connectivity index (χ0v) is 15.7. The van der Waals surface area contributed by atoms with Gasteiger partial charge >= 0.3 is 0 Å². The molecule has 0 spiro atoms. The average Bonchev–Trinajstić information content (AvgIpc) is 2.75. The molecule has 28 heavy (non-hydrogen) atoms. The number of hydrogen-bond donors (Lipinski definition) is 0. The van der Waals surface area contributed by atoms with E-state index in [0.717, 1.165) is 18.5 Å². The lowest BCUT2D eigenvalue weighted by Crippen LogP contribution is -1.93. The van der Waals surface area contributed by atoms with Crippen LogP contribution in [0.15, 0.2) is 103 Å². The fourth-order valence-electron chi connectivity index (χ4n) is 3.90. The predicted octanol–water partition coefficient (Wildman–Crippen LogP) is 6.57. The molecule has 0 atom stereocenters. The van der Waals surface area contributed by atoms with Crippen molar-refractivity contribution in [3.8, 4) is 0 Å². The zero-order chi connectivity index (χ0) is 18.8.